The van der Waals surface area contributed by atoms with Crippen LogP contribution in [0.5, 0.6) is 0 Å². The van der Waals surface area contributed by atoms with E-state index < -0.39 is 0 Å². The first-order valence-electron chi connectivity index (χ1n) is 9.64. The lowest BCUT2D eigenvalue weighted by Gasteiger charge is -2.34. The van der Waals surface area contributed by atoms with Gasteiger partial charge < -0.3 is 20.1 Å². The molecule has 1 saturated heterocycles. The Morgan fingerprint density at radius 3 is 2.67 bits per heavy atom. The Morgan fingerprint density at radius 1 is 1.26 bits per heavy atom. The number of guanidine groups is 1. The summed E-state index contributed by atoms with van der Waals surface area (Å²) in [5.74, 6) is 2.83. The highest BCUT2D eigenvalue weighted by atomic mass is 16.5. The molecule has 0 atom stereocenters. The lowest BCUT2D eigenvalue weighted by atomic mass is 10.1. The number of hydrogen-bond donors (Lipinski definition) is 2. The van der Waals surface area contributed by atoms with Crippen molar-refractivity contribution in [2.24, 2.45) is 4.99 Å². The maximum absolute atomic E-state index is 5.22. The van der Waals surface area contributed by atoms with Crippen molar-refractivity contribution in [3.05, 3.63) is 40.9 Å². The smallest absolute Gasteiger partial charge is 0.191 e. The first-order valence-corrected chi connectivity index (χ1v) is 9.64. The predicted octanol–water partition coefficient (Wildman–Crippen LogP) is 2.37. The van der Waals surface area contributed by atoms with E-state index in [0.717, 1.165) is 67.8 Å². The zero-order valence-corrected chi connectivity index (χ0v) is 16.7. The van der Waals surface area contributed by atoms with Gasteiger partial charge in [0.2, 0.25) is 0 Å². The average Bonchev–Trinajstić information content (AvgIpc) is 2.99. The lowest BCUT2D eigenvalue weighted by molar-refractivity contribution is 0.392. The maximum Gasteiger partial charge on any atom is 0.191 e. The van der Waals surface area contributed by atoms with Gasteiger partial charge in [-0.05, 0) is 52.2 Å². The Kier molecular flexibility index (Phi) is 6.32. The number of aryl methyl sites for hydroxylation is 3. The number of piperidine rings is 1. The van der Waals surface area contributed by atoms with Gasteiger partial charge in [-0.3, -0.25) is 4.99 Å². The van der Waals surface area contributed by atoms with E-state index in [9.17, 15) is 0 Å². The zero-order chi connectivity index (χ0) is 19.2. The Labute approximate surface area is 161 Å². The minimum Gasteiger partial charge on any atom is -0.361 e. The first kappa shape index (κ1) is 19.2. The monoisotopic (exact) mass is 370 g/mol. The van der Waals surface area contributed by atoms with Crippen LogP contribution in [0, 0.1) is 20.8 Å². The topological polar surface area (TPSA) is 78.6 Å². The highest BCUT2D eigenvalue weighted by Crippen LogP contribution is 2.18. The van der Waals surface area contributed by atoms with Gasteiger partial charge in [-0.25, -0.2) is 4.98 Å². The van der Waals surface area contributed by atoms with Crippen LogP contribution in [0.4, 0.5) is 5.82 Å². The molecule has 0 unspecified atom stereocenters. The summed E-state index contributed by atoms with van der Waals surface area (Å²) < 4.78 is 5.22. The molecule has 27 heavy (non-hydrogen) atoms. The summed E-state index contributed by atoms with van der Waals surface area (Å²) in [7, 11) is 1.82. The van der Waals surface area contributed by atoms with Crippen LogP contribution in [0.3, 0.4) is 0 Å². The largest absolute Gasteiger partial charge is 0.361 e. The van der Waals surface area contributed by atoms with Gasteiger partial charge in [0.15, 0.2) is 5.96 Å². The number of aromatic nitrogens is 2. The summed E-state index contributed by atoms with van der Waals surface area (Å²) in [6, 6.07) is 6.63. The van der Waals surface area contributed by atoms with E-state index in [4.69, 9.17) is 4.52 Å². The molecule has 1 aliphatic heterocycles. The van der Waals surface area contributed by atoms with Crippen LogP contribution in [0.25, 0.3) is 0 Å². The molecule has 0 saturated carbocycles. The van der Waals surface area contributed by atoms with E-state index in [0.29, 0.717) is 6.04 Å². The zero-order valence-electron chi connectivity index (χ0n) is 16.7. The second-order valence-electron chi connectivity index (χ2n) is 7.09. The van der Waals surface area contributed by atoms with Crippen molar-refractivity contribution in [1.29, 1.82) is 0 Å². The summed E-state index contributed by atoms with van der Waals surface area (Å²) in [6.45, 7) is 8.79. The predicted molar refractivity (Wildman–Crippen MR) is 108 cm³/mol. The van der Waals surface area contributed by atoms with Gasteiger partial charge in [-0.2, -0.15) is 0 Å². The van der Waals surface area contributed by atoms with Gasteiger partial charge in [0.1, 0.15) is 11.6 Å². The molecule has 1 fully saturated rings. The number of hydrogen-bond acceptors (Lipinski definition) is 5. The first-order chi connectivity index (χ1) is 13.1. The quantitative estimate of drug-likeness (QED) is 0.621. The fraction of sp³-hybridized carbons (Fsp3) is 0.550. The van der Waals surface area contributed by atoms with Crippen LogP contribution in [0.2, 0.25) is 0 Å². The lowest BCUT2D eigenvalue weighted by Crippen LogP contribution is -2.49. The summed E-state index contributed by atoms with van der Waals surface area (Å²) in [4.78, 5) is 11.4. The Morgan fingerprint density at radius 2 is 2.04 bits per heavy atom. The van der Waals surface area contributed by atoms with Crippen molar-refractivity contribution < 1.29 is 4.52 Å². The molecule has 1 aliphatic rings. The van der Waals surface area contributed by atoms with Crippen molar-refractivity contribution in [1.82, 2.24) is 20.8 Å². The molecule has 0 spiro atoms. The number of rotatable bonds is 5. The molecule has 7 heteroatoms. The summed E-state index contributed by atoms with van der Waals surface area (Å²) in [5, 5.41) is 11.0. The summed E-state index contributed by atoms with van der Waals surface area (Å²) in [5.41, 5.74) is 3.21. The summed E-state index contributed by atoms with van der Waals surface area (Å²) >= 11 is 0. The fourth-order valence-electron chi connectivity index (χ4n) is 3.51. The fourth-order valence-corrected chi connectivity index (χ4v) is 3.51. The number of nitrogens with one attached hydrogen (secondary N) is 2. The highest BCUT2D eigenvalue weighted by molar-refractivity contribution is 5.80. The Balaban J connectivity index is 1.44. The van der Waals surface area contributed by atoms with Crippen LogP contribution < -0.4 is 15.5 Å². The summed E-state index contributed by atoms with van der Waals surface area (Å²) in [6.07, 6.45) is 3.01. The molecule has 0 aliphatic carbocycles. The van der Waals surface area contributed by atoms with Crippen LogP contribution in [0.1, 0.15) is 35.6 Å². The maximum atomic E-state index is 5.22. The highest BCUT2D eigenvalue weighted by Gasteiger charge is 2.21. The van der Waals surface area contributed by atoms with Crippen molar-refractivity contribution in [2.75, 3.05) is 31.6 Å². The second-order valence-corrected chi connectivity index (χ2v) is 7.09. The van der Waals surface area contributed by atoms with Crippen LogP contribution in [-0.2, 0) is 6.42 Å². The Bertz CT molecular complexity index is 757. The van der Waals surface area contributed by atoms with E-state index in [1.54, 1.807) is 0 Å². The van der Waals surface area contributed by atoms with E-state index in [1.165, 1.54) is 5.56 Å². The normalized spacial score (nSPS) is 15.9. The number of pyridine rings is 1. The molecule has 2 aromatic rings. The average molecular weight is 371 g/mol. The molecule has 0 bridgehead atoms. The van der Waals surface area contributed by atoms with Gasteiger partial charge in [0.05, 0.1) is 5.69 Å². The molecule has 0 aromatic carbocycles. The molecular weight excluding hydrogens is 340 g/mol. The molecule has 3 heterocycles. The van der Waals surface area contributed by atoms with Crippen LogP contribution in [0.15, 0.2) is 27.7 Å². The van der Waals surface area contributed by atoms with Gasteiger partial charge in [0, 0.05) is 44.0 Å². The van der Waals surface area contributed by atoms with Crippen LogP contribution in [-0.4, -0.2) is 48.8 Å². The Hall–Kier alpha value is -2.57. The van der Waals surface area contributed by atoms with Gasteiger partial charge in [-0.1, -0.05) is 11.2 Å². The molecule has 3 rings (SSSR count). The van der Waals surface area contributed by atoms with E-state index in [-0.39, 0.29) is 0 Å². The molecule has 0 radical (unpaired) electrons. The minimum absolute atomic E-state index is 0.427. The van der Waals surface area contributed by atoms with Gasteiger partial charge in [-0.15, -0.1) is 0 Å². The second kappa shape index (κ2) is 8.88. The third kappa shape index (κ3) is 4.99. The molecule has 0 amide bonds. The minimum atomic E-state index is 0.427. The van der Waals surface area contributed by atoms with Crippen molar-refractivity contribution in [2.45, 2.75) is 46.1 Å². The SMILES string of the molecule is CN=C(NCCc1c(C)noc1C)NC1CCN(c2cccc(C)n2)CC1. The molecule has 7 nitrogen and oxygen atoms in total. The number of nitrogens with zero attached hydrogens (tertiary/aromatic N) is 4. The number of anilines is 1. The van der Waals surface area contributed by atoms with Gasteiger partial charge in [0.25, 0.3) is 0 Å². The standard InChI is InChI=1S/C20H30N6O/c1-14-6-5-7-19(23-14)26-12-9-17(10-13-26)24-20(21-4)22-11-8-18-15(2)25-27-16(18)3/h5-7,17H,8-13H2,1-4H3,(H2,21,22,24). The van der Waals surface area contributed by atoms with E-state index in [2.05, 4.69) is 42.8 Å². The third-order valence-corrected chi connectivity index (χ3v) is 5.11. The molecular formula is C20H30N6O. The number of aliphatic imine (C=N–C) groups is 1. The molecule has 2 N–H and O–H groups in total. The molecule has 146 valence electrons. The van der Waals surface area contributed by atoms with E-state index in [1.807, 2.05) is 33.9 Å². The molecule has 2 aromatic heterocycles. The third-order valence-electron chi connectivity index (χ3n) is 5.11. The van der Waals surface area contributed by atoms with Crippen molar-refractivity contribution >= 4 is 11.8 Å². The van der Waals surface area contributed by atoms with Crippen molar-refractivity contribution in [3.63, 3.8) is 0 Å². The van der Waals surface area contributed by atoms with Crippen LogP contribution >= 0.6 is 0 Å². The van der Waals surface area contributed by atoms with E-state index >= 15 is 0 Å². The van der Waals surface area contributed by atoms with Crippen molar-refractivity contribution in [3.8, 4) is 0 Å². The van der Waals surface area contributed by atoms with Gasteiger partial charge >= 0.3 is 0 Å².